The van der Waals surface area contributed by atoms with Gasteiger partial charge in [0.15, 0.2) is 0 Å². The Hall–Kier alpha value is -1.22. The molecule has 102 valence electrons. The highest BCUT2D eigenvalue weighted by Gasteiger charge is 2.15. The van der Waals surface area contributed by atoms with E-state index in [-0.39, 0.29) is 0 Å². The summed E-state index contributed by atoms with van der Waals surface area (Å²) >= 11 is 0. The second kappa shape index (κ2) is 7.27. The molecule has 0 radical (unpaired) electrons. The van der Waals surface area contributed by atoms with Crippen LogP contribution in [0.4, 0.5) is 0 Å². The maximum absolute atomic E-state index is 5.31. The average Bonchev–Trinajstić information content (AvgIpc) is 2.43. The molecule has 0 bridgehead atoms. The number of nitrogens with one attached hydrogen (secondary N) is 1. The lowest BCUT2D eigenvalue weighted by atomic mass is 9.88. The first kappa shape index (κ1) is 14.8. The maximum atomic E-state index is 5.31. The Balaban J connectivity index is 2.86. The molecule has 0 saturated heterocycles. The summed E-state index contributed by atoms with van der Waals surface area (Å²) < 4.78 is 10.6. The third-order valence-electron chi connectivity index (χ3n) is 3.47. The molecular weight excluding hydrogens is 226 g/mol. The summed E-state index contributed by atoms with van der Waals surface area (Å²) in [6, 6.07) is 6.09. The summed E-state index contributed by atoms with van der Waals surface area (Å²) in [7, 11) is 3.37. The van der Waals surface area contributed by atoms with Gasteiger partial charge >= 0.3 is 0 Å². The molecule has 0 amide bonds. The Bertz CT molecular complexity index is 343. The van der Waals surface area contributed by atoms with Gasteiger partial charge in [0.25, 0.3) is 0 Å². The van der Waals surface area contributed by atoms with Gasteiger partial charge in [-0.2, -0.15) is 0 Å². The lowest BCUT2D eigenvalue weighted by Gasteiger charge is -2.21. The van der Waals surface area contributed by atoms with Crippen LogP contribution in [0, 0.1) is 5.92 Å². The van der Waals surface area contributed by atoms with Crippen LogP contribution in [0.25, 0.3) is 0 Å². The summed E-state index contributed by atoms with van der Waals surface area (Å²) in [4.78, 5) is 0. The Labute approximate surface area is 110 Å². The van der Waals surface area contributed by atoms with Crippen molar-refractivity contribution in [2.75, 3.05) is 27.3 Å². The van der Waals surface area contributed by atoms with E-state index >= 15 is 0 Å². The Kier molecular flexibility index (Phi) is 5.99. The highest BCUT2D eigenvalue weighted by Crippen LogP contribution is 2.30. The van der Waals surface area contributed by atoms with Crippen molar-refractivity contribution in [3.63, 3.8) is 0 Å². The first-order valence-corrected chi connectivity index (χ1v) is 6.56. The number of benzene rings is 1. The van der Waals surface area contributed by atoms with Crippen molar-refractivity contribution in [1.82, 2.24) is 5.32 Å². The van der Waals surface area contributed by atoms with Crippen LogP contribution in [0.1, 0.15) is 32.3 Å². The monoisotopic (exact) mass is 251 g/mol. The van der Waals surface area contributed by atoms with E-state index in [1.165, 1.54) is 5.56 Å². The minimum Gasteiger partial charge on any atom is -0.497 e. The largest absolute Gasteiger partial charge is 0.497 e. The third-order valence-corrected chi connectivity index (χ3v) is 3.47. The molecule has 0 aliphatic rings. The quantitative estimate of drug-likeness (QED) is 0.808. The van der Waals surface area contributed by atoms with E-state index in [2.05, 4.69) is 38.2 Å². The van der Waals surface area contributed by atoms with Gasteiger partial charge in [-0.15, -0.1) is 0 Å². The van der Waals surface area contributed by atoms with E-state index in [9.17, 15) is 0 Å². The van der Waals surface area contributed by atoms with E-state index in [1.807, 2.05) is 6.07 Å². The molecule has 3 nitrogen and oxygen atoms in total. The molecule has 1 aromatic rings. The lowest BCUT2D eigenvalue weighted by molar-refractivity contribution is 0.389. The van der Waals surface area contributed by atoms with Gasteiger partial charge in [-0.05, 0) is 42.6 Å². The number of hydrogen-bond donors (Lipinski definition) is 1. The van der Waals surface area contributed by atoms with Crippen molar-refractivity contribution >= 4 is 0 Å². The highest BCUT2D eigenvalue weighted by molar-refractivity contribution is 5.40. The zero-order valence-electron chi connectivity index (χ0n) is 12.1. The molecule has 3 heteroatoms. The molecule has 1 rings (SSSR count). The molecule has 1 N–H and O–H groups in total. The van der Waals surface area contributed by atoms with Crippen LogP contribution >= 0.6 is 0 Å². The summed E-state index contributed by atoms with van der Waals surface area (Å²) in [6.07, 6.45) is 0. The predicted octanol–water partition coefficient (Wildman–Crippen LogP) is 3.05. The lowest BCUT2D eigenvalue weighted by Crippen LogP contribution is -2.24. The molecule has 0 fully saturated rings. The van der Waals surface area contributed by atoms with Gasteiger partial charge in [0.2, 0.25) is 0 Å². The molecule has 0 aromatic heterocycles. The van der Waals surface area contributed by atoms with E-state index in [0.717, 1.165) is 24.6 Å². The van der Waals surface area contributed by atoms with Crippen LogP contribution < -0.4 is 14.8 Å². The van der Waals surface area contributed by atoms with E-state index in [0.29, 0.717) is 11.8 Å². The smallest absolute Gasteiger partial charge is 0.122 e. The van der Waals surface area contributed by atoms with Crippen molar-refractivity contribution in [2.45, 2.75) is 26.7 Å². The van der Waals surface area contributed by atoms with Crippen LogP contribution in [0.5, 0.6) is 11.5 Å². The number of hydrogen-bond acceptors (Lipinski definition) is 3. The molecule has 1 aromatic carbocycles. The standard InChI is InChI=1S/C15H25NO2/c1-6-16-10-11(2)12(3)13-7-14(17-4)9-15(8-13)18-5/h7-9,11-12,16H,6,10H2,1-5H3. The molecule has 0 saturated carbocycles. The van der Waals surface area contributed by atoms with Crippen LogP contribution in [0.2, 0.25) is 0 Å². The first-order valence-electron chi connectivity index (χ1n) is 6.56. The number of methoxy groups -OCH3 is 2. The Morgan fingerprint density at radius 1 is 1.06 bits per heavy atom. The SMILES string of the molecule is CCNCC(C)C(C)c1cc(OC)cc(OC)c1. The predicted molar refractivity (Wildman–Crippen MR) is 75.7 cm³/mol. The van der Waals surface area contributed by atoms with Gasteiger partial charge in [0.1, 0.15) is 11.5 Å². The van der Waals surface area contributed by atoms with Gasteiger partial charge in [0, 0.05) is 6.07 Å². The first-order chi connectivity index (χ1) is 8.62. The topological polar surface area (TPSA) is 30.5 Å². The minimum absolute atomic E-state index is 0.466. The molecular formula is C15H25NO2. The molecule has 0 aliphatic carbocycles. The van der Waals surface area contributed by atoms with Crippen LogP contribution in [-0.4, -0.2) is 27.3 Å². The fraction of sp³-hybridized carbons (Fsp3) is 0.600. The Morgan fingerprint density at radius 2 is 1.61 bits per heavy atom. The number of rotatable bonds is 7. The molecule has 2 atom stereocenters. The van der Waals surface area contributed by atoms with Crippen LogP contribution in [0.3, 0.4) is 0 Å². The molecule has 2 unspecified atom stereocenters. The van der Waals surface area contributed by atoms with E-state index in [4.69, 9.17) is 9.47 Å². The summed E-state index contributed by atoms with van der Waals surface area (Å²) in [5, 5.41) is 3.39. The zero-order chi connectivity index (χ0) is 13.5. The summed E-state index contributed by atoms with van der Waals surface area (Å²) in [5.74, 6) is 2.74. The van der Waals surface area contributed by atoms with Crippen molar-refractivity contribution in [1.29, 1.82) is 0 Å². The third kappa shape index (κ3) is 3.91. The number of ether oxygens (including phenoxy) is 2. The van der Waals surface area contributed by atoms with E-state index < -0.39 is 0 Å². The fourth-order valence-corrected chi connectivity index (χ4v) is 1.97. The van der Waals surface area contributed by atoms with Crippen LogP contribution in [-0.2, 0) is 0 Å². The van der Waals surface area contributed by atoms with Crippen LogP contribution in [0.15, 0.2) is 18.2 Å². The van der Waals surface area contributed by atoms with Crippen molar-refractivity contribution < 1.29 is 9.47 Å². The van der Waals surface area contributed by atoms with Gasteiger partial charge < -0.3 is 14.8 Å². The second-order valence-electron chi connectivity index (χ2n) is 4.72. The van der Waals surface area contributed by atoms with Crippen molar-refractivity contribution in [2.24, 2.45) is 5.92 Å². The average molecular weight is 251 g/mol. The van der Waals surface area contributed by atoms with Gasteiger partial charge in [-0.3, -0.25) is 0 Å². The zero-order valence-corrected chi connectivity index (χ0v) is 12.1. The van der Waals surface area contributed by atoms with Gasteiger partial charge in [0.05, 0.1) is 14.2 Å². The summed E-state index contributed by atoms with van der Waals surface area (Å²) in [5.41, 5.74) is 1.26. The molecule has 0 heterocycles. The molecule has 0 spiro atoms. The normalized spacial score (nSPS) is 14.1. The van der Waals surface area contributed by atoms with Gasteiger partial charge in [-0.25, -0.2) is 0 Å². The van der Waals surface area contributed by atoms with Gasteiger partial charge in [-0.1, -0.05) is 20.8 Å². The molecule has 18 heavy (non-hydrogen) atoms. The van der Waals surface area contributed by atoms with Crippen molar-refractivity contribution in [3.8, 4) is 11.5 Å². The highest BCUT2D eigenvalue weighted by atomic mass is 16.5. The maximum Gasteiger partial charge on any atom is 0.122 e. The Morgan fingerprint density at radius 3 is 2.06 bits per heavy atom. The minimum atomic E-state index is 0.466. The second-order valence-corrected chi connectivity index (χ2v) is 4.72. The fourth-order valence-electron chi connectivity index (χ4n) is 1.97. The van der Waals surface area contributed by atoms with E-state index in [1.54, 1.807) is 14.2 Å². The summed E-state index contributed by atoms with van der Waals surface area (Å²) in [6.45, 7) is 8.68. The van der Waals surface area contributed by atoms with Crippen molar-refractivity contribution in [3.05, 3.63) is 23.8 Å². The molecule has 0 aliphatic heterocycles.